The van der Waals surface area contributed by atoms with E-state index < -0.39 is 0 Å². The smallest absolute Gasteiger partial charge is 0.0456 e. The van der Waals surface area contributed by atoms with Crippen molar-refractivity contribution < 1.29 is 0 Å². The van der Waals surface area contributed by atoms with Gasteiger partial charge in [0.15, 0.2) is 0 Å². The summed E-state index contributed by atoms with van der Waals surface area (Å²) in [6, 6.07) is 16.8. The Morgan fingerprint density at radius 2 is 1.61 bits per heavy atom. The molecule has 0 saturated heterocycles. The van der Waals surface area contributed by atoms with E-state index in [9.17, 15) is 0 Å². The van der Waals surface area contributed by atoms with Crippen LogP contribution in [0.5, 0.6) is 0 Å². The number of nitrogens with two attached hydrogens (primary N) is 1. The lowest BCUT2D eigenvalue weighted by molar-refractivity contribution is 0.815. The zero-order valence-electron chi connectivity index (χ0n) is 11.2. The Balaban J connectivity index is 2.39. The summed E-state index contributed by atoms with van der Waals surface area (Å²) in [4.78, 5) is 2.18. The second kappa shape index (κ2) is 5.23. The van der Waals surface area contributed by atoms with Crippen LogP contribution in [0.25, 0.3) is 0 Å². The number of anilines is 2. The normalized spacial score (nSPS) is 12.2. The van der Waals surface area contributed by atoms with Gasteiger partial charge in [-0.15, -0.1) is 0 Å². The quantitative estimate of drug-likeness (QED) is 0.884. The molecule has 0 amide bonds. The zero-order valence-corrected chi connectivity index (χ0v) is 11.2. The summed E-state index contributed by atoms with van der Waals surface area (Å²) < 4.78 is 0. The summed E-state index contributed by atoms with van der Waals surface area (Å²) in [6.07, 6.45) is 0. The minimum absolute atomic E-state index is 0.0362. The molecule has 0 aliphatic carbocycles. The van der Waals surface area contributed by atoms with Crippen LogP contribution in [0, 0.1) is 6.92 Å². The first-order valence-corrected chi connectivity index (χ1v) is 6.24. The lowest BCUT2D eigenvalue weighted by atomic mass is 10.1. The van der Waals surface area contributed by atoms with Gasteiger partial charge < -0.3 is 10.6 Å². The standard InChI is InChI=1S/C16H20N2/c1-12-8-10-14(11-9-12)18(3)16-7-5-4-6-15(16)13(2)17/h4-11,13H,17H2,1-3H3. The molecule has 0 aliphatic rings. The first-order valence-electron chi connectivity index (χ1n) is 6.24. The fourth-order valence-electron chi connectivity index (χ4n) is 2.09. The predicted octanol–water partition coefficient (Wildman–Crippen LogP) is 3.78. The van der Waals surface area contributed by atoms with E-state index in [1.54, 1.807) is 0 Å². The average Bonchev–Trinajstić information content (AvgIpc) is 2.39. The number of benzene rings is 2. The summed E-state index contributed by atoms with van der Waals surface area (Å²) in [5.41, 5.74) is 10.8. The minimum atomic E-state index is 0.0362. The van der Waals surface area contributed by atoms with E-state index in [1.165, 1.54) is 16.8 Å². The Bertz CT molecular complexity index is 515. The summed E-state index contributed by atoms with van der Waals surface area (Å²) in [5, 5.41) is 0. The van der Waals surface area contributed by atoms with Crippen LogP contribution in [0.2, 0.25) is 0 Å². The molecule has 0 aliphatic heterocycles. The van der Waals surface area contributed by atoms with E-state index in [-0.39, 0.29) is 6.04 Å². The highest BCUT2D eigenvalue weighted by atomic mass is 15.1. The molecular formula is C16H20N2. The van der Waals surface area contributed by atoms with Crippen LogP contribution in [0.15, 0.2) is 48.5 Å². The Hall–Kier alpha value is -1.80. The lowest BCUT2D eigenvalue weighted by Crippen LogP contribution is -2.15. The molecule has 0 fully saturated rings. The van der Waals surface area contributed by atoms with Gasteiger partial charge in [-0.1, -0.05) is 35.9 Å². The van der Waals surface area contributed by atoms with Gasteiger partial charge in [0.2, 0.25) is 0 Å². The second-order valence-electron chi connectivity index (χ2n) is 4.74. The van der Waals surface area contributed by atoms with E-state index in [2.05, 4.69) is 55.3 Å². The highest BCUT2D eigenvalue weighted by molar-refractivity contribution is 5.66. The SMILES string of the molecule is Cc1ccc(N(C)c2ccccc2C(C)N)cc1. The lowest BCUT2D eigenvalue weighted by Gasteiger charge is -2.24. The molecule has 0 saturated carbocycles. The molecule has 1 atom stereocenters. The van der Waals surface area contributed by atoms with Crippen LogP contribution >= 0.6 is 0 Å². The van der Waals surface area contributed by atoms with Gasteiger partial charge in [-0.05, 0) is 37.6 Å². The minimum Gasteiger partial charge on any atom is -0.344 e. The molecule has 1 unspecified atom stereocenters. The highest BCUT2D eigenvalue weighted by Gasteiger charge is 2.11. The first-order chi connectivity index (χ1) is 8.59. The van der Waals surface area contributed by atoms with Crippen molar-refractivity contribution in [2.24, 2.45) is 5.73 Å². The van der Waals surface area contributed by atoms with Crippen molar-refractivity contribution in [1.29, 1.82) is 0 Å². The molecule has 2 heteroatoms. The monoisotopic (exact) mass is 240 g/mol. The van der Waals surface area contributed by atoms with E-state index in [1.807, 2.05) is 19.1 Å². The van der Waals surface area contributed by atoms with Crippen LogP contribution in [0.3, 0.4) is 0 Å². The van der Waals surface area contributed by atoms with Gasteiger partial charge in [0.1, 0.15) is 0 Å². The number of hydrogen-bond acceptors (Lipinski definition) is 2. The number of para-hydroxylation sites is 1. The van der Waals surface area contributed by atoms with E-state index in [0.717, 1.165) is 5.69 Å². The van der Waals surface area contributed by atoms with Crippen molar-refractivity contribution in [3.05, 3.63) is 59.7 Å². The van der Waals surface area contributed by atoms with Crippen LogP contribution in [-0.2, 0) is 0 Å². The van der Waals surface area contributed by atoms with Crippen molar-refractivity contribution in [3.8, 4) is 0 Å². The largest absolute Gasteiger partial charge is 0.344 e. The Kier molecular flexibility index (Phi) is 3.68. The van der Waals surface area contributed by atoms with Crippen LogP contribution in [0.4, 0.5) is 11.4 Å². The average molecular weight is 240 g/mol. The Labute approximate surface area is 109 Å². The van der Waals surface area contributed by atoms with E-state index in [0.29, 0.717) is 0 Å². The molecule has 18 heavy (non-hydrogen) atoms. The molecule has 0 spiro atoms. The van der Waals surface area contributed by atoms with Gasteiger partial charge in [-0.2, -0.15) is 0 Å². The maximum absolute atomic E-state index is 6.03. The highest BCUT2D eigenvalue weighted by Crippen LogP contribution is 2.29. The summed E-state index contributed by atoms with van der Waals surface area (Å²) in [5.74, 6) is 0. The summed E-state index contributed by atoms with van der Waals surface area (Å²) in [6.45, 7) is 4.11. The third-order valence-electron chi connectivity index (χ3n) is 3.21. The third-order valence-corrected chi connectivity index (χ3v) is 3.21. The Morgan fingerprint density at radius 3 is 2.22 bits per heavy atom. The molecule has 0 bridgehead atoms. The van der Waals surface area contributed by atoms with Crippen LogP contribution < -0.4 is 10.6 Å². The number of rotatable bonds is 3. The van der Waals surface area contributed by atoms with Crippen LogP contribution in [-0.4, -0.2) is 7.05 Å². The van der Waals surface area contributed by atoms with Crippen molar-refractivity contribution >= 4 is 11.4 Å². The molecule has 2 N–H and O–H groups in total. The maximum Gasteiger partial charge on any atom is 0.0456 e. The molecule has 2 aromatic rings. The van der Waals surface area contributed by atoms with Gasteiger partial charge in [0.05, 0.1) is 0 Å². The van der Waals surface area contributed by atoms with Gasteiger partial charge in [0, 0.05) is 24.5 Å². The van der Waals surface area contributed by atoms with Gasteiger partial charge >= 0.3 is 0 Å². The molecule has 0 heterocycles. The maximum atomic E-state index is 6.03. The van der Waals surface area contributed by atoms with Gasteiger partial charge in [-0.25, -0.2) is 0 Å². The van der Waals surface area contributed by atoms with Crippen molar-refractivity contribution in [2.75, 3.05) is 11.9 Å². The van der Waals surface area contributed by atoms with Gasteiger partial charge in [-0.3, -0.25) is 0 Å². The molecule has 0 aromatic heterocycles. The van der Waals surface area contributed by atoms with Crippen molar-refractivity contribution in [1.82, 2.24) is 0 Å². The fraction of sp³-hybridized carbons (Fsp3) is 0.250. The second-order valence-corrected chi connectivity index (χ2v) is 4.74. The molecule has 2 rings (SSSR count). The first kappa shape index (κ1) is 12.7. The topological polar surface area (TPSA) is 29.3 Å². The number of nitrogens with zero attached hydrogens (tertiary/aromatic N) is 1. The van der Waals surface area contributed by atoms with Crippen molar-refractivity contribution in [3.63, 3.8) is 0 Å². The summed E-state index contributed by atoms with van der Waals surface area (Å²) in [7, 11) is 2.08. The predicted molar refractivity (Wildman–Crippen MR) is 78.3 cm³/mol. The molecule has 0 radical (unpaired) electrons. The van der Waals surface area contributed by atoms with Crippen molar-refractivity contribution in [2.45, 2.75) is 19.9 Å². The molecular weight excluding hydrogens is 220 g/mol. The molecule has 2 aromatic carbocycles. The number of hydrogen-bond donors (Lipinski definition) is 1. The van der Waals surface area contributed by atoms with Crippen LogP contribution in [0.1, 0.15) is 24.1 Å². The van der Waals surface area contributed by atoms with Gasteiger partial charge in [0.25, 0.3) is 0 Å². The summed E-state index contributed by atoms with van der Waals surface area (Å²) >= 11 is 0. The van der Waals surface area contributed by atoms with E-state index >= 15 is 0 Å². The Morgan fingerprint density at radius 1 is 1.00 bits per heavy atom. The zero-order chi connectivity index (χ0) is 13.1. The third kappa shape index (κ3) is 2.54. The molecule has 94 valence electrons. The molecule has 2 nitrogen and oxygen atoms in total. The number of aryl methyl sites for hydroxylation is 1. The van der Waals surface area contributed by atoms with E-state index in [4.69, 9.17) is 5.73 Å². The fourth-order valence-corrected chi connectivity index (χ4v) is 2.09.